The number of halogens is 2. The van der Waals surface area contributed by atoms with Gasteiger partial charge in [0.05, 0.1) is 13.2 Å². The summed E-state index contributed by atoms with van der Waals surface area (Å²) < 4.78 is 29.5. The molecule has 12 heavy (non-hydrogen) atoms. The van der Waals surface area contributed by atoms with Crippen LogP contribution in [-0.4, -0.2) is 31.6 Å². The van der Waals surface area contributed by atoms with Gasteiger partial charge in [-0.1, -0.05) is 6.92 Å². The van der Waals surface area contributed by atoms with Crippen molar-refractivity contribution >= 4 is 5.97 Å². The zero-order valence-electron chi connectivity index (χ0n) is 7.19. The summed E-state index contributed by atoms with van der Waals surface area (Å²) >= 11 is 0. The fraction of sp³-hybridized carbons (Fsp3) is 0.857. The Labute approximate surface area is 70.1 Å². The van der Waals surface area contributed by atoms with Crippen LogP contribution < -0.4 is 5.32 Å². The molecule has 5 heteroatoms. The molecule has 1 N–H and O–H groups in total. The van der Waals surface area contributed by atoms with Crippen LogP contribution in [0.1, 0.15) is 13.8 Å². The zero-order valence-corrected chi connectivity index (χ0v) is 7.19. The van der Waals surface area contributed by atoms with E-state index in [9.17, 15) is 13.6 Å². The quantitative estimate of drug-likeness (QED) is 0.637. The van der Waals surface area contributed by atoms with Crippen LogP contribution in [0.15, 0.2) is 0 Å². The van der Waals surface area contributed by atoms with E-state index in [2.05, 4.69) is 10.1 Å². The first kappa shape index (κ1) is 11.3. The fourth-order valence-electron chi connectivity index (χ4n) is 0.591. The molecule has 0 heterocycles. The Balaban J connectivity index is 3.90. The van der Waals surface area contributed by atoms with Gasteiger partial charge in [-0.05, 0) is 13.5 Å². The summed E-state index contributed by atoms with van der Waals surface area (Å²) in [6, 6.07) is 0. The summed E-state index contributed by atoms with van der Waals surface area (Å²) in [6.45, 7) is 2.88. The molecule has 3 nitrogen and oxygen atoms in total. The molecule has 0 radical (unpaired) electrons. The third-order valence-electron chi connectivity index (χ3n) is 1.17. The van der Waals surface area contributed by atoms with Gasteiger partial charge in [-0.15, -0.1) is 0 Å². The van der Waals surface area contributed by atoms with E-state index >= 15 is 0 Å². The molecule has 0 bridgehead atoms. The number of hydrogen-bond donors (Lipinski definition) is 1. The second-order valence-corrected chi connectivity index (χ2v) is 2.21. The van der Waals surface area contributed by atoms with Crippen LogP contribution in [0.4, 0.5) is 8.78 Å². The number of esters is 1. The summed E-state index contributed by atoms with van der Waals surface area (Å²) in [7, 11) is 0. The minimum Gasteiger partial charge on any atom is -0.462 e. The Kier molecular flexibility index (Phi) is 4.73. The molecule has 0 aromatic rings. The summed E-state index contributed by atoms with van der Waals surface area (Å²) in [5.41, 5.74) is 0. The molecule has 0 rings (SSSR count). The highest BCUT2D eigenvalue weighted by Crippen LogP contribution is 2.13. The van der Waals surface area contributed by atoms with E-state index in [1.165, 1.54) is 6.92 Å². The van der Waals surface area contributed by atoms with Crippen LogP contribution >= 0.6 is 0 Å². The molecule has 0 amide bonds. The molecule has 0 fully saturated rings. The van der Waals surface area contributed by atoms with Crippen LogP contribution in [0.3, 0.4) is 0 Å². The first-order chi connectivity index (χ1) is 5.54. The molecule has 0 aliphatic rings. The lowest BCUT2D eigenvalue weighted by atomic mass is 10.3. The predicted molar refractivity (Wildman–Crippen MR) is 40.1 cm³/mol. The van der Waals surface area contributed by atoms with E-state index in [-0.39, 0.29) is 6.61 Å². The zero-order chi connectivity index (χ0) is 9.61. The molecule has 72 valence electrons. The smallest absolute Gasteiger partial charge is 0.378 e. The molecule has 0 aromatic carbocycles. The molecule has 0 aliphatic heterocycles. The van der Waals surface area contributed by atoms with Crippen molar-refractivity contribution in [3.05, 3.63) is 0 Å². The largest absolute Gasteiger partial charge is 0.462 e. The average molecular weight is 181 g/mol. The lowest BCUT2D eigenvalue weighted by Gasteiger charge is -2.14. The summed E-state index contributed by atoms with van der Waals surface area (Å²) in [6.07, 6.45) is 0. The van der Waals surface area contributed by atoms with Crippen LogP contribution in [0, 0.1) is 0 Å². The second-order valence-electron chi connectivity index (χ2n) is 2.21. The average Bonchev–Trinajstić information content (AvgIpc) is 2.01. The summed E-state index contributed by atoms with van der Waals surface area (Å²) in [4.78, 5) is 10.6. The van der Waals surface area contributed by atoms with Gasteiger partial charge in [0, 0.05) is 0 Å². The fourth-order valence-corrected chi connectivity index (χ4v) is 0.591. The van der Waals surface area contributed by atoms with E-state index in [0.29, 0.717) is 6.54 Å². The number of hydrogen-bond acceptors (Lipinski definition) is 3. The van der Waals surface area contributed by atoms with E-state index in [1.807, 2.05) is 0 Å². The number of carbonyl (C=O) groups excluding carboxylic acids is 1. The number of ether oxygens (including phenoxy) is 1. The molecule has 0 aliphatic carbocycles. The lowest BCUT2D eigenvalue weighted by molar-refractivity contribution is -0.170. The van der Waals surface area contributed by atoms with Crippen molar-refractivity contribution in [3.8, 4) is 0 Å². The van der Waals surface area contributed by atoms with Crippen molar-refractivity contribution < 1.29 is 18.3 Å². The van der Waals surface area contributed by atoms with Gasteiger partial charge < -0.3 is 10.1 Å². The van der Waals surface area contributed by atoms with Crippen LogP contribution in [-0.2, 0) is 9.53 Å². The molecule has 0 spiro atoms. The number of alkyl halides is 2. The van der Waals surface area contributed by atoms with Crippen molar-refractivity contribution in [2.24, 2.45) is 0 Å². The Morgan fingerprint density at radius 3 is 2.50 bits per heavy atom. The lowest BCUT2D eigenvalue weighted by Crippen LogP contribution is -2.41. The Bertz CT molecular complexity index is 150. The molecule has 0 unspecified atom stereocenters. The number of nitrogens with one attached hydrogen (secondary N) is 1. The predicted octanol–water partition coefficient (Wildman–Crippen LogP) is 0.794. The van der Waals surface area contributed by atoms with Gasteiger partial charge in [0.2, 0.25) is 0 Å². The Hall–Kier alpha value is -0.710. The first-order valence-electron chi connectivity index (χ1n) is 3.80. The first-order valence-corrected chi connectivity index (χ1v) is 3.80. The van der Waals surface area contributed by atoms with Gasteiger partial charge >= 0.3 is 11.9 Å². The molecule has 0 aromatic heterocycles. The maximum Gasteiger partial charge on any atom is 0.378 e. The molecule has 0 atom stereocenters. The summed E-state index contributed by atoms with van der Waals surface area (Å²) in [5, 5.41) is 2.38. The Morgan fingerprint density at radius 2 is 2.08 bits per heavy atom. The number of rotatable bonds is 5. The third kappa shape index (κ3) is 3.61. The van der Waals surface area contributed by atoms with Gasteiger partial charge in [0.15, 0.2) is 0 Å². The van der Waals surface area contributed by atoms with Gasteiger partial charge in [-0.3, -0.25) is 0 Å². The van der Waals surface area contributed by atoms with E-state index in [1.54, 1.807) is 6.92 Å². The van der Waals surface area contributed by atoms with Crippen molar-refractivity contribution in [2.75, 3.05) is 19.7 Å². The van der Waals surface area contributed by atoms with E-state index in [0.717, 1.165) is 0 Å². The third-order valence-corrected chi connectivity index (χ3v) is 1.17. The Morgan fingerprint density at radius 1 is 1.50 bits per heavy atom. The summed E-state index contributed by atoms with van der Waals surface area (Å²) in [5.74, 6) is -4.88. The SMILES string of the molecule is CCNCC(F)(F)C(=O)OCC. The van der Waals surface area contributed by atoms with E-state index < -0.39 is 18.4 Å². The van der Waals surface area contributed by atoms with Crippen molar-refractivity contribution in [1.29, 1.82) is 0 Å². The van der Waals surface area contributed by atoms with E-state index in [4.69, 9.17) is 0 Å². The van der Waals surface area contributed by atoms with Crippen molar-refractivity contribution in [2.45, 2.75) is 19.8 Å². The normalized spacial score (nSPS) is 11.3. The van der Waals surface area contributed by atoms with Gasteiger partial charge in [-0.25, -0.2) is 4.79 Å². The maximum absolute atomic E-state index is 12.7. The molecule has 0 saturated carbocycles. The molecule has 0 saturated heterocycles. The minimum atomic E-state index is -3.41. The van der Waals surface area contributed by atoms with Crippen molar-refractivity contribution in [1.82, 2.24) is 5.32 Å². The molecular weight excluding hydrogens is 168 g/mol. The minimum absolute atomic E-state index is 0.0272. The highest BCUT2D eigenvalue weighted by atomic mass is 19.3. The highest BCUT2D eigenvalue weighted by Gasteiger charge is 2.39. The van der Waals surface area contributed by atoms with Crippen LogP contribution in [0.5, 0.6) is 0 Å². The van der Waals surface area contributed by atoms with Crippen molar-refractivity contribution in [3.63, 3.8) is 0 Å². The van der Waals surface area contributed by atoms with Gasteiger partial charge in [0.1, 0.15) is 0 Å². The maximum atomic E-state index is 12.7. The standard InChI is InChI=1S/C7H13F2NO2/c1-3-10-5-7(8,9)6(11)12-4-2/h10H,3-5H2,1-2H3. The topological polar surface area (TPSA) is 38.3 Å². The van der Waals surface area contributed by atoms with Gasteiger partial charge in [0.25, 0.3) is 0 Å². The van der Waals surface area contributed by atoms with Crippen LogP contribution in [0.2, 0.25) is 0 Å². The van der Waals surface area contributed by atoms with Gasteiger partial charge in [-0.2, -0.15) is 8.78 Å². The monoisotopic (exact) mass is 181 g/mol. The molecular formula is C7H13F2NO2. The van der Waals surface area contributed by atoms with Crippen LogP contribution in [0.25, 0.3) is 0 Å². The number of carbonyl (C=O) groups is 1. The second kappa shape index (κ2) is 5.03. The highest BCUT2D eigenvalue weighted by molar-refractivity contribution is 5.77.